The minimum Gasteiger partial charge on any atom is -0.494 e. The number of ether oxygens (including phenoxy) is 1. The van der Waals surface area contributed by atoms with E-state index in [9.17, 15) is 9.59 Å². The molecule has 0 atom stereocenters. The molecular formula is C29H31N7O3. The van der Waals surface area contributed by atoms with Gasteiger partial charge in [0.05, 0.1) is 19.3 Å². The number of piperazine rings is 1. The molecule has 10 nitrogen and oxygen atoms in total. The topological polar surface area (TPSA) is 105 Å². The lowest BCUT2D eigenvalue weighted by molar-refractivity contribution is -0.111. The van der Waals surface area contributed by atoms with Crippen LogP contribution in [-0.4, -0.2) is 65.7 Å². The summed E-state index contributed by atoms with van der Waals surface area (Å²) >= 11 is 0. The number of amides is 1. The van der Waals surface area contributed by atoms with Crippen LogP contribution in [0.4, 0.5) is 23.0 Å². The lowest BCUT2D eigenvalue weighted by atomic mass is 10.2. The molecule has 2 aromatic heterocycles. The quantitative estimate of drug-likeness (QED) is 0.337. The number of benzene rings is 2. The van der Waals surface area contributed by atoms with E-state index in [4.69, 9.17) is 9.72 Å². The van der Waals surface area contributed by atoms with Crippen LogP contribution in [0.15, 0.2) is 78.2 Å². The number of methoxy groups -OCH3 is 1. The fraction of sp³-hybridized carbons (Fsp3) is 0.241. The Labute approximate surface area is 226 Å². The molecule has 10 heteroatoms. The molecule has 1 aliphatic rings. The number of aromatic nitrogens is 3. The van der Waals surface area contributed by atoms with Gasteiger partial charge in [0, 0.05) is 61.3 Å². The van der Waals surface area contributed by atoms with Crippen molar-refractivity contribution in [2.45, 2.75) is 6.54 Å². The number of likely N-dealkylation sites (N-methyl/N-ethyl adjacent to an activating group) is 1. The second-order valence-corrected chi connectivity index (χ2v) is 9.42. The number of nitrogens with zero attached hydrogens (tertiary/aromatic N) is 5. The van der Waals surface area contributed by atoms with Crippen molar-refractivity contribution in [1.29, 1.82) is 0 Å². The average Bonchev–Trinajstić information content (AvgIpc) is 2.95. The Morgan fingerprint density at radius 3 is 2.69 bits per heavy atom. The summed E-state index contributed by atoms with van der Waals surface area (Å²) in [5.41, 5.74) is 3.58. The molecule has 0 saturated carbocycles. The van der Waals surface area contributed by atoms with Crippen LogP contribution in [0.25, 0.3) is 11.0 Å². The Morgan fingerprint density at radius 2 is 1.92 bits per heavy atom. The molecule has 1 saturated heterocycles. The zero-order valence-electron chi connectivity index (χ0n) is 22.1. The first kappa shape index (κ1) is 25.9. The lowest BCUT2D eigenvalue weighted by Gasteiger charge is -2.34. The second-order valence-electron chi connectivity index (χ2n) is 9.42. The van der Waals surface area contributed by atoms with Gasteiger partial charge in [0.1, 0.15) is 11.4 Å². The molecule has 0 radical (unpaired) electrons. The summed E-state index contributed by atoms with van der Waals surface area (Å²) < 4.78 is 7.27. The van der Waals surface area contributed by atoms with Crippen molar-refractivity contribution < 1.29 is 9.53 Å². The van der Waals surface area contributed by atoms with Gasteiger partial charge in [-0.3, -0.25) is 14.2 Å². The highest BCUT2D eigenvalue weighted by Gasteiger charge is 2.17. The summed E-state index contributed by atoms with van der Waals surface area (Å²) in [7, 11) is 3.77. The van der Waals surface area contributed by atoms with Gasteiger partial charge >= 0.3 is 0 Å². The molecule has 1 amide bonds. The number of nitrogens with one attached hydrogen (secondary N) is 2. The van der Waals surface area contributed by atoms with E-state index in [1.54, 1.807) is 30.0 Å². The molecular weight excluding hydrogens is 494 g/mol. The van der Waals surface area contributed by atoms with Crippen LogP contribution in [0, 0.1) is 0 Å². The Hall–Kier alpha value is -4.70. The molecule has 1 aliphatic heterocycles. The van der Waals surface area contributed by atoms with Crippen molar-refractivity contribution in [1.82, 2.24) is 19.4 Å². The maximum atomic E-state index is 12.9. The molecule has 39 heavy (non-hydrogen) atoms. The minimum atomic E-state index is -0.301. The van der Waals surface area contributed by atoms with Crippen molar-refractivity contribution in [2.75, 3.05) is 55.9 Å². The van der Waals surface area contributed by atoms with Crippen LogP contribution in [-0.2, 0) is 11.3 Å². The molecule has 5 rings (SSSR count). The first-order chi connectivity index (χ1) is 18.9. The van der Waals surface area contributed by atoms with Crippen LogP contribution in [0.3, 0.4) is 0 Å². The summed E-state index contributed by atoms with van der Waals surface area (Å²) in [6.45, 7) is 7.70. The SMILES string of the molecule is C=CC(=O)Nc1cccc(Cn2c(=O)ccc3cnc(Nc4ccc(N5CCN(C)CC5)cc4OC)nc32)c1. The smallest absolute Gasteiger partial charge is 0.252 e. The minimum absolute atomic E-state index is 0.193. The number of rotatable bonds is 8. The molecule has 0 bridgehead atoms. The van der Waals surface area contributed by atoms with Gasteiger partial charge in [0.25, 0.3) is 5.56 Å². The van der Waals surface area contributed by atoms with Gasteiger partial charge in [0.15, 0.2) is 0 Å². The zero-order valence-corrected chi connectivity index (χ0v) is 22.1. The highest BCUT2D eigenvalue weighted by atomic mass is 16.5. The maximum absolute atomic E-state index is 12.9. The van der Waals surface area contributed by atoms with Gasteiger partial charge in [-0.15, -0.1) is 0 Å². The van der Waals surface area contributed by atoms with E-state index < -0.39 is 0 Å². The molecule has 2 aromatic carbocycles. The van der Waals surface area contributed by atoms with Crippen molar-refractivity contribution in [2.24, 2.45) is 0 Å². The van der Waals surface area contributed by atoms with Crippen LogP contribution >= 0.6 is 0 Å². The number of fused-ring (bicyclic) bond motifs is 1. The number of carbonyl (C=O) groups is 1. The van der Waals surface area contributed by atoms with E-state index in [1.165, 1.54) is 12.1 Å². The highest BCUT2D eigenvalue weighted by Crippen LogP contribution is 2.32. The van der Waals surface area contributed by atoms with Gasteiger partial charge in [0.2, 0.25) is 11.9 Å². The van der Waals surface area contributed by atoms with Gasteiger partial charge in [-0.25, -0.2) is 4.98 Å². The summed E-state index contributed by atoms with van der Waals surface area (Å²) in [6, 6.07) is 16.6. The summed E-state index contributed by atoms with van der Waals surface area (Å²) in [5.74, 6) is 0.725. The lowest BCUT2D eigenvalue weighted by Crippen LogP contribution is -2.44. The molecule has 0 aliphatic carbocycles. The van der Waals surface area contributed by atoms with Crippen LogP contribution in [0.5, 0.6) is 5.75 Å². The van der Waals surface area contributed by atoms with Crippen LogP contribution in [0.1, 0.15) is 5.56 Å². The van der Waals surface area contributed by atoms with Crippen molar-refractivity contribution >= 4 is 40.0 Å². The predicted molar refractivity (Wildman–Crippen MR) is 154 cm³/mol. The second kappa shape index (κ2) is 11.4. The summed E-state index contributed by atoms with van der Waals surface area (Å²) in [4.78, 5) is 38.4. The largest absolute Gasteiger partial charge is 0.494 e. The highest BCUT2D eigenvalue weighted by molar-refractivity contribution is 5.98. The average molecular weight is 526 g/mol. The van der Waals surface area contributed by atoms with Crippen molar-refractivity contribution in [3.05, 3.63) is 89.4 Å². The van der Waals surface area contributed by atoms with Crippen molar-refractivity contribution in [3.8, 4) is 5.75 Å². The number of hydrogen-bond donors (Lipinski definition) is 2. The standard InChI is InChI=1S/C29H31N7O3/c1-4-26(37)31-22-7-5-6-20(16-22)19-36-27(38)11-8-21-18-30-29(33-28(21)36)32-24-10-9-23(17-25(24)39-3)35-14-12-34(2)13-15-35/h4-11,16-18H,1,12-15,19H2,2-3H3,(H,31,37)(H,30,32,33). The monoisotopic (exact) mass is 525 g/mol. The van der Waals surface area contributed by atoms with E-state index in [-0.39, 0.29) is 18.0 Å². The first-order valence-electron chi connectivity index (χ1n) is 12.7. The summed E-state index contributed by atoms with van der Waals surface area (Å²) in [6.07, 6.45) is 2.90. The maximum Gasteiger partial charge on any atom is 0.252 e. The third-order valence-electron chi connectivity index (χ3n) is 6.74. The molecule has 4 aromatic rings. The van der Waals surface area contributed by atoms with Crippen molar-refractivity contribution in [3.63, 3.8) is 0 Å². The normalized spacial score (nSPS) is 13.7. The molecule has 3 heterocycles. The van der Waals surface area contributed by atoms with Gasteiger partial charge in [-0.05, 0) is 49.0 Å². The fourth-order valence-electron chi connectivity index (χ4n) is 4.57. The van der Waals surface area contributed by atoms with E-state index in [0.29, 0.717) is 23.0 Å². The Morgan fingerprint density at radius 1 is 1.10 bits per heavy atom. The van der Waals surface area contributed by atoms with E-state index in [2.05, 4.69) is 45.1 Å². The molecule has 0 unspecified atom stereocenters. The Bertz CT molecular complexity index is 1580. The molecule has 2 N–H and O–H groups in total. The van der Waals surface area contributed by atoms with Gasteiger partial charge < -0.3 is 25.2 Å². The first-order valence-corrected chi connectivity index (χ1v) is 12.7. The third kappa shape index (κ3) is 5.91. The zero-order chi connectivity index (χ0) is 27.4. The van der Waals surface area contributed by atoms with Crippen LogP contribution < -0.4 is 25.8 Å². The van der Waals surface area contributed by atoms with Gasteiger partial charge in [-0.1, -0.05) is 18.7 Å². The van der Waals surface area contributed by atoms with E-state index >= 15 is 0 Å². The number of anilines is 4. The Balaban J connectivity index is 1.42. The Kier molecular flexibility index (Phi) is 7.55. The van der Waals surface area contributed by atoms with Crippen LogP contribution in [0.2, 0.25) is 0 Å². The molecule has 0 spiro atoms. The molecule has 200 valence electrons. The third-order valence-corrected chi connectivity index (χ3v) is 6.74. The number of carbonyl (C=O) groups excluding carboxylic acids is 1. The van der Waals surface area contributed by atoms with Gasteiger partial charge in [-0.2, -0.15) is 4.98 Å². The number of pyridine rings is 1. The summed E-state index contributed by atoms with van der Waals surface area (Å²) in [5, 5.41) is 6.73. The number of hydrogen-bond acceptors (Lipinski definition) is 8. The molecule has 1 fully saturated rings. The predicted octanol–water partition coefficient (Wildman–Crippen LogP) is 3.47. The fourth-order valence-corrected chi connectivity index (χ4v) is 4.57. The van der Waals surface area contributed by atoms with E-state index in [1.807, 2.05) is 30.3 Å². The van der Waals surface area contributed by atoms with E-state index in [0.717, 1.165) is 48.5 Å².